The summed E-state index contributed by atoms with van der Waals surface area (Å²) in [5.74, 6) is -1.12. The first-order valence-corrected chi connectivity index (χ1v) is 13.2. The van der Waals surface area contributed by atoms with Gasteiger partial charge in [0.05, 0.1) is 14.6 Å². The molecule has 1 saturated heterocycles. The summed E-state index contributed by atoms with van der Waals surface area (Å²) < 4.78 is 6.73. The van der Waals surface area contributed by atoms with Crippen molar-refractivity contribution in [3.63, 3.8) is 0 Å². The molecule has 0 aliphatic carbocycles. The molecule has 7 nitrogen and oxygen atoms in total. The van der Waals surface area contributed by atoms with Crippen LogP contribution in [0.4, 0.5) is 11.4 Å². The predicted molar refractivity (Wildman–Crippen MR) is 155 cm³/mol. The SMILES string of the molecule is Cc1ccc(NC(=O)COc2c(Br)cc(/C=C3/C(=O)NC(=S)N(c4ccccc4)C3=O)cc2Br)cc1Cl. The van der Waals surface area contributed by atoms with Gasteiger partial charge in [0.15, 0.2) is 11.7 Å². The number of amides is 3. The summed E-state index contributed by atoms with van der Waals surface area (Å²) in [6, 6.07) is 17.4. The highest BCUT2D eigenvalue weighted by molar-refractivity contribution is 9.11. The number of hydrogen-bond donors (Lipinski definition) is 2. The fourth-order valence-electron chi connectivity index (χ4n) is 3.44. The molecule has 188 valence electrons. The molecule has 3 aromatic rings. The standard InChI is InChI=1S/C26H18Br2ClN3O4S/c1-14-7-8-16(12-21(14)29)30-22(33)13-36-23-19(27)10-15(11-20(23)28)9-18-24(34)31-26(37)32(25(18)35)17-5-3-2-4-6-17/h2-12H,13H2,1H3,(H,30,33)(H,31,34,37)/b18-9-. The smallest absolute Gasteiger partial charge is 0.270 e. The maximum atomic E-state index is 13.2. The van der Waals surface area contributed by atoms with E-state index in [1.165, 1.54) is 11.0 Å². The highest BCUT2D eigenvalue weighted by Gasteiger charge is 2.34. The Morgan fingerprint density at radius 1 is 1.11 bits per heavy atom. The molecule has 11 heteroatoms. The number of halogens is 3. The molecule has 1 aliphatic heterocycles. The molecule has 0 spiro atoms. The average molecular weight is 664 g/mol. The van der Waals surface area contributed by atoms with E-state index < -0.39 is 11.8 Å². The van der Waals surface area contributed by atoms with Crippen LogP contribution in [0.5, 0.6) is 5.75 Å². The Kier molecular flexibility index (Phi) is 8.43. The quantitative estimate of drug-likeness (QED) is 0.191. The fraction of sp³-hybridized carbons (Fsp3) is 0.0769. The van der Waals surface area contributed by atoms with Crippen LogP contribution in [0.15, 0.2) is 75.2 Å². The maximum Gasteiger partial charge on any atom is 0.270 e. The van der Waals surface area contributed by atoms with Crippen LogP contribution < -0.4 is 20.3 Å². The molecule has 1 fully saturated rings. The van der Waals surface area contributed by atoms with E-state index in [0.717, 1.165) is 5.56 Å². The number of aryl methyl sites for hydroxylation is 1. The number of ether oxygens (including phenoxy) is 1. The number of carbonyl (C=O) groups excluding carboxylic acids is 3. The minimum Gasteiger partial charge on any atom is -0.481 e. The minimum absolute atomic E-state index is 0.00986. The van der Waals surface area contributed by atoms with Crippen molar-refractivity contribution in [2.75, 3.05) is 16.8 Å². The molecule has 0 aromatic heterocycles. The van der Waals surface area contributed by atoms with Crippen molar-refractivity contribution in [2.45, 2.75) is 6.92 Å². The summed E-state index contributed by atoms with van der Waals surface area (Å²) >= 11 is 18.2. The molecule has 0 unspecified atom stereocenters. The van der Waals surface area contributed by atoms with Crippen molar-refractivity contribution in [3.8, 4) is 5.75 Å². The topological polar surface area (TPSA) is 87.7 Å². The zero-order valence-corrected chi connectivity index (χ0v) is 23.9. The molecule has 0 atom stereocenters. The van der Waals surface area contributed by atoms with E-state index in [2.05, 4.69) is 42.5 Å². The number of nitrogens with one attached hydrogen (secondary N) is 2. The van der Waals surface area contributed by atoms with Crippen molar-refractivity contribution >= 4 is 96.0 Å². The molecular formula is C26H18Br2ClN3O4S. The number of carbonyl (C=O) groups is 3. The van der Waals surface area contributed by atoms with Gasteiger partial charge in [0.2, 0.25) is 0 Å². The van der Waals surface area contributed by atoms with E-state index in [9.17, 15) is 14.4 Å². The lowest BCUT2D eigenvalue weighted by Gasteiger charge is -2.28. The molecule has 0 saturated carbocycles. The molecule has 0 radical (unpaired) electrons. The van der Waals surface area contributed by atoms with Gasteiger partial charge in [-0.2, -0.15) is 0 Å². The van der Waals surface area contributed by atoms with Crippen molar-refractivity contribution in [3.05, 3.63) is 91.3 Å². The van der Waals surface area contributed by atoms with Crippen LogP contribution in [0.2, 0.25) is 5.02 Å². The first-order chi connectivity index (χ1) is 17.6. The van der Waals surface area contributed by atoms with Gasteiger partial charge < -0.3 is 10.1 Å². The van der Waals surface area contributed by atoms with Gasteiger partial charge >= 0.3 is 0 Å². The normalized spacial score (nSPS) is 14.5. The lowest BCUT2D eigenvalue weighted by atomic mass is 10.1. The van der Waals surface area contributed by atoms with Gasteiger partial charge in [0.25, 0.3) is 17.7 Å². The Balaban J connectivity index is 1.50. The summed E-state index contributed by atoms with van der Waals surface area (Å²) in [5.41, 5.74) is 2.47. The zero-order valence-electron chi connectivity index (χ0n) is 19.2. The van der Waals surface area contributed by atoms with E-state index >= 15 is 0 Å². The van der Waals surface area contributed by atoms with Crippen LogP contribution in [0.25, 0.3) is 6.08 Å². The van der Waals surface area contributed by atoms with Crippen LogP contribution >= 0.6 is 55.7 Å². The molecule has 1 aliphatic rings. The number of anilines is 2. The second-order valence-corrected chi connectivity index (χ2v) is 10.4. The van der Waals surface area contributed by atoms with Gasteiger partial charge in [-0.1, -0.05) is 35.9 Å². The molecule has 37 heavy (non-hydrogen) atoms. The molecule has 4 rings (SSSR count). The van der Waals surface area contributed by atoms with Crippen LogP contribution in [0.1, 0.15) is 11.1 Å². The number of nitrogens with zero attached hydrogens (tertiary/aromatic N) is 1. The lowest BCUT2D eigenvalue weighted by Crippen LogP contribution is -2.54. The zero-order chi connectivity index (χ0) is 26.7. The highest BCUT2D eigenvalue weighted by Crippen LogP contribution is 2.36. The van der Waals surface area contributed by atoms with Gasteiger partial charge in [-0.3, -0.25) is 24.6 Å². The number of para-hydroxylation sites is 1. The number of benzene rings is 3. The summed E-state index contributed by atoms with van der Waals surface area (Å²) in [4.78, 5) is 39.4. The number of hydrogen-bond acceptors (Lipinski definition) is 5. The van der Waals surface area contributed by atoms with E-state index in [4.69, 9.17) is 28.6 Å². The monoisotopic (exact) mass is 661 g/mol. The summed E-state index contributed by atoms with van der Waals surface area (Å²) in [5, 5.41) is 5.85. The molecule has 3 amide bonds. The Hall–Kier alpha value is -3.05. The van der Waals surface area contributed by atoms with E-state index in [1.54, 1.807) is 48.5 Å². The van der Waals surface area contributed by atoms with Gasteiger partial charge in [0, 0.05) is 10.7 Å². The first kappa shape index (κ1) is 27.0. The molecule has 2 N–H and O–H groups in total. The Morgan fingerprint density at radius 3 is 2.43 bits per heavy atom. The Morgan fingerprint density at radius 2 is 1.78 bits per heavy atom. The largest absolute Gasteiger partial charge is 0.481 e. The van der Waals surface area contributed by atoms with E-state index in [0.29, 0.717) is 36.7 Å². The third kappa shape index (κ3) is 6.27. The molecule has 1 heterocycles. The van der Waals surface area contributed by atoms with Crippen molar-refractivity contribution in [1.82, 2.24) is 5.32 Å². The van der Waals surface area contributed by atoms with Crippen LogP contribution in [0, 0.1) is 6.92 Å². The second kappa shape index (κ2) is 11.6. The van der Waals surface area contributed by atoms with Gasteiger partial charge in [0.1, 0.15) is 11.3 Å². The summed E-state index contributed by atoms with van der Waals surface area (Å²) in [6.07, 6.45) is 1.46. The highest BCUT2D eigenvalue weighted by atomic mass is 79.9. The van der Waals surface area contributed by atoms with Gasteiger partial charge in [-0.05, 0) is 105 Å². The van der Waals surface area contributed by atoms with Crippen LogP contribution in [-0.2, 0) is 14.4 Å². The lowest BCUT2D eigenvalue weighted by molar-refractivity contribution is -0.122. The number of thiocarbonyl (C=S) groups is 1. The molecular weight excluding hydrogens is 646 g/mol. The predicted octanol–water partition coefficient (Wildman–Crippen LogP) is 6.02. The third-order valence-corrected chi connectivity index (χ3v) is 7.12. The number of rotatable bonds is 6. The van der Waals surface area contributed by atoms with Gasteiger partial charge in [-0.25, -0.2) is 0 Å². The maximum absolute atomic E-state index is 13.2. The fourth-order valence-corrected chi connectivity index (χ4v) is 5.35. The van der Waals surface area contributed by atoms with E-state index in [-0.39, 0.29) is 23.2 Å². The van der Waals surface area contributed by atoms with Gasteiger partial charge in [-0.15, -0.1) is 0 Å². The van der Waals surface area contributed by atoms with Crippen molar-refractivity contribution in [2.24, 2.45) is 0 Å². The van der Waals surface area contributed by atoms with Crippen LogP contribution in [-0.4, -0.2) is 29.4 Å². The Bertz CT molecular complexity index is 1440. The Labute approximate surface area is 240 Å². The van der Waals surface area contributed by atoms with E-state index in [1.807, 2.05) is 19.1 Å². The molecule has 0 bridgehead atoms. The van der Waals surface area contributed by atoms with Crippen molar-refractivity contribution < 1.29 is 19.1 Å². The molecule has 3 aromatic carbocycles. The summed E-state index contributed by atoms with van der Waals surface area (Å²) in [7, 11) is 0. The summed E-state index contributed by atoms with van der Waals surface area (Å²) in [6.45, 7) is 1.61. The van der Waals surface area contributed by atoms with Crippen LogP contribution in [0.3, 0.4) is 0 Å². The first-order valence-electron chi connectivity index (χ1n) is 10.8. The van der Waals surface area contributed by atoms with Crippen molar-refractivity contribution in [1.29, 1.82) is 0 Å². The second-order valence-electron chi connectivity index (χ2n) is 7.91. The minimum atomic E-state index is -0.595. The average Bonchev–Trinajstić information content (AvgIpc) is 2.84. The third-order valence-electron chi connectivity index (χ3n) is 5.25.